The fourth-order valence-corrected chi connectivity index (χ4v) is 3.72. The van der Waals surface area contributed by atoms with E-state index in [1.165, 1.54) is 28.6 Å². The van der Waals surface area contributed by atoms with Crippen LogP contribution in [0.2, 0.25) is 0 Å². The van der Waals surface area contributed by atoms with E-state index in [4.69, 9.17) is 4.98 Å². The van der Waals surface area contributed by atoms with Gasteiger partial charge in [0.15, 0.2) is 0 Å². The molecule has 0 bridgehead atoms. The van der Waals surface area contributed by atoms with Gasteiger partial charge in [-0.25, -0.2) is 4.98 Å². The van der Waals surface area contributed by atoms with Crippen molar-refractivity contribution in [2.45, 2.75) is 47.0 Å². The fraction of sp³-hybridized carbons (Fsp3) is 0.476. The van der Waals surface area contributed by atoms with E-state index < -0.39 is 0 Å². The van der Waals surface area contributed by atoms with Crippen LogP contribution in [-0.4, -0.2) is 4.98 Å². The van der Waals surface area contributed by atoms with Gasteiger partial charge < -0.3 is 0 Å². The number of nitrogens with zero attached hydrogens (tertiary/aromatic N) is 1. The van der Waals surface area contributed by atoms with Gasteiger partial charge in [-0.3, -0.25) is 0 Å². The maximum Gasteiger partial charge on any atom is 0.0709 e. The second kappa shape index (κ2) is 6.24. The molecule has 0 amide bonds. The highest BCUT2D eigenvalue weighted by Crippen LogP contribution is 2.33. The Morgan fingerprint density at radius 2 is 1.95 bits per heavy atom. The Balaban J connectivity index is 1.93. The molecule has 1 nitrogen and oxygen atoms in total. The number of hydrogen-bond donors (Lipinski definition) is 0. The molecule has 1 aliphatic rings. The molecule has 1 heterocycles. The van der Waals surface area contributed by atoms with Crippen molar-refractivity contribution in [3.8, 4) is 0 Å². The first-order valence-corrected chi connectivity index (χ1v) is 8.62. The van der Waals surface area contributed by atoms with Crippen molar-refractivity contribution in [3.63, 3.8) is 0 Å². The van der Waals surface area contributed by atoms with E-state index in [0.29, 0.717) is 11.8 Å². The molecule has 116 valence electrons. The van der Waals surface area contributed by atoms with E-state index in [2.05, 4.69) is 64.1 Å². The number of hydrogen-bond acceptors (Lipinski definition) is 1. The zero-order chi connectivity index (χ0) is 15.7. The number of pyridine rings is 1. The number of allylic oxidation sites excluding steroid dienone is 2. The van der Waals surface area contributed by atoms with Gasteiger partial charge >= 0.3 is 0 Å². The van der Waals surface area contributed by atoms with Gasteiger partial charge in [-0.05, 0) is 66.4 Å². The summed E-state index contributed by atoms with van der Waals surface area (Å²) < 4.78 is 0. The zero-order valence-electron chi connectivity index (χ0n) is 14.3. The third-order valence-electron chi connectivity index (χ3n) is 4.55. The van der Waals surface area contributed by atoms with E-state index in [-0.39, 0.29) is 0 Å². The Morgan fingerprint density at radius 1 is 1.14 bits per heavy atom. The SMILES string of the molecule is CC(C)Cc1ccc2nc(C3=CC(C)CC(C)C3)ccc2c1. The lowest BCUT2D eigenvalue weighted by molar-refractivity contribution is 0.456. The maximum absolute atomic E-state index is 4.92. The summed E-state index contributed by atoms with van der Waals surface area (Å²) in [5.74, 6) is 2.13. The number of fused-ring (bicyclic) bond motifs is 1. The van der Waals surface area contributed by atoms with Gasteiger partial charge in [0.25, 0.3) is 0 Å². The second-order valence-corrected chi connectivity index (χ2v) is 7.54. The molecule has 1 heteroatoms. The molecule has 0 spiro atoms. The quantitative estimate of drug-likeness (QED) is 0.688. The van der Waals surface area contributed by atoms with E-state index in [9.17, 15) is 0 Å². The van der Waals surface area contributed by atoms with Gasteiger partial charge in [0.2, 0.25) is 0 Å². The molecule has 0 N–H and O–H groups in total. The Bertz CT molecular complexity index is 696. The standard InChI is InChI=1S/C21H27N/c1-14(2)9-17-5-7-20-18(13-17)6-8-21(22-20)19-11-15(3)10-16(4)12-19/h5-8,11,13-16H,9-10,12H2,1-4H3. The minimum absolute atomic E-state index is 0.671. The van der Waals surface area contributed by atoms with Crippen LogP contribution in [0.15, 0.2) is 36.4 Å². The molecule has 0 aliphatic heterocycles. The summed E-state index contributed by atoms with van der Waals surface area (Å²) in [7, 11) is 0. The lowest BCUT2D eigenvalue weighted by Gasteiger charge is -2.23. The maximum atomic E-state index is 4.92. The molecule has 2 atom stereocenters. The summed E-state index contributed by atoms with van der Waals surface area (Å²) in [6, 6.07) is 11.2. The summed E-state index contributed by atoms with van der Waals surface area (Å²) in [5, 5.41) is 1.26. The van der Waals surface area contributed by atoms with E-state index in [1.54, 1.807) is 0 Å². The van der Waals surface area contributed by atoms with Crippen molar-refractivity contribution in [2.75, 3.05) is 0 Å². The van der Waals surface area contributed by atoms with Gasteiger partial charge in [0.1, 0.15) is 0 Å². The predicted molar refractivity (Wildman–Crippen MR) is 95.8 cm³/mol. The Kier molecular flexibility index (Phi) is 4.33. The fourth-order valence-electron chi connectivity index (χ4n) is 3.72. The molecule has 0 radical (unpaired) electrons. The van der Waals surface area contributed by atoms with Crippen molar-refractivity contribution in [1.29, 1.82) is 0 Å². The van der Waals surface area contributed by atoms with Crippen LogP contribution in [0.1, 0.15) is 51.8 Å². The molecule has 1 aromatic heterocycles. The van der Waals surface area contributed by atoms with Crippen LogP contribution in [-0.2, 0) is 6.42 Å². The summed E-state index contributed by atoms with van der Waals surface area (Å²) in [6.45, 7) is 9.20. The van der Waals surface area contributed by atoms with Crippen LogP contribution in [0.3, 0.4) is 0 Å². The first-order valence-electron chi connectivity index (χ1n) is 8.62. The second-order valence-electron chi connectivity index (χ2n) is 7.54. The third-order valence-corrected chi connectivity index (χ3v) is 4.55. The minimum Gasteiger partial charge on any atom is -0.248 e. The molecule has 3 rings (SSSR count). The summed E-state index contributed by atoms with van der Waals surface area (Å²) in [5.41, 5.74) is 5.13. The van der Waals surface area contributed by atoms with Gasteiger partial charge in [-0.15, -0.1) is 0 Å². The van der Waals surface area contributed by atoms with Gasteiger partial charge in [-0.2, -0.15) is 0 Å². The van der Waals surface area contributed by atoms with Crippen LogP contribution >= 0.6 is 0 Å². The first-order chi connectivity index (χ1) is 10.5. The molecular weight excluding hydrogens is 266 g/mol. The zero-order valence-corrected chi connectivity index (χ0v) is 14.3. The van der Waals surface area contributed by atoms with Crippen LogP contribution in [0.4, 0.5) is 0 Å². The minimum atomic E-state index is 0.671. The number of benzene rings is 1. The van der Waals surface area contributed by atoms with Crippen molar-refractivity contribution in [3.05, 3.63) is 47.7 Å². The average Bonchev–Trinajstić information content (AvgIpc) is 2.45. The van der Waals surface area contributed by atoms with Crippen LogP contribution in [0.5, 0.6) is 0 Å². The van der Waals surface area contributed by atoms with Crippen molar-refractivity contribution < 1.29 is 0 Å². The normalized spacial score (nSPS) is 22.1. The molecule has 0 saturated carbocycles. The van der Waals surface area contributed by atoms with E-state index >= 15 is 0 Å². The van der Waals surface area contributed by atoms with E-state index in [1.807, 2.05) is 0 Å². The number of rotatable bonds is 3. The molecule has 1 aliphatic carbocycles. The van der Waals surface area contributed by atoms with Crippen LogP contribution in [0.25, 0.3) is 16.5 Å². The smallest absolute Gasteiger partial charge is 0.0709 e. The molecule has 0 saturated heterocycles. The average molecular weight is 293 g/mol. The highest BCUT2D eigenvalue weighted by Gasteiger charge is 2.18. The topological polar surface area (TPSA) is 12.9 Å². The van der Waals surface area contributed by atoms with Crippen molar-refractivity contribution in [1.82, 2.24) is 4.98 Å². The molecule has 2 unspecified atom stereocenters. The lowest BCUT2D eigenvalue weighted by Crippen LogP contribution is -2.09. The Hall–Kier alpha value is -1.63. The predicted octanol–water partition coefficient (Wildman–Crippen LogP) is 5.88. The van der Waals surface area contributed by atoms with Gasteiger partial charge in [-0.1, -0.05) is 45.9 Å². The first kappa shape index (κ1) is 15.3. The van der Waals surface area contributed by atoms with Gasteiger partial charge in [0.05, 0.1) is 11.2 Å². The number of aromatic nitrogens is 1. The van der Waals surface area contributed by atoms with Crippen LogP contribution < -0.4 is 0 Å². The molecule has 0 fully saturated rings. The van der Waals surface area contributed by atoms with Crippen molar-refractivity contribution in [2.24, 2.45) is 17.8 Å². The summed E-state index contributed by atoms with van der Waals surface area (Å²) >= 11 is 0. The molecule has 22 heavy (non-hydrogen) atoms. The monoisotopic (exact) mass is 293 g/mol. The lowest BCUT2D eigenvalue weighted by atomic mass is 9.83. The largest absolute Gasteiger partial charge is 0.248 e. The third kappa shape index (κ3) is 3.40. The molecule has 1 aromatic carbocycles. The summed E-state index contributed by atoms with van der Waals surface area (Å²) in [4.78, 5) is 4.92. The van der Waals surface area contributed by atoms with E-state index in [0.717, 1.165) is 24.3 Å². The highest BCUT2D eigenvalue weighted by molar-refractivity contribution is 5.81. The molecular formula is C21H27N. The highest BCUT2D eigenvalue weighted by atomic mass is 14.7. The van der Waals surface area contributed by atoms with Crippen molar-refractivity contribution >= 4 is 16.5 Å². The summed E-state index contributed by atoms with van der Waals surface area (Å²) in [6.07, 6.45) is 6.02. The van der Waals surface area contributed by atoms with Gasteiger partial charge in [0, 0.05) is 5.39 Å². The van der Waals surface area contributed by atoms with Crippen LogP contribution in [0, 0.1) is 17.8 Å². The Morgan fingerprint density at radius 3 is 2.68 bits per heavy atom. The Labute approximate surface area is 134 Å². The molecule has 2 aromatic rings.